The van der Waals surface area contributed by atoms with Gasteiger partial charge in [0.15, 0.2) is 11.2 Å². The van der Waals surface area contributed by atoms with Crippen LogP contribution >= 0.6 is 0 Å². The summed E-state index contributed by atoms with van der Waals surface area (Å²) in [7, 11) is 3.72. The molecule has 2 aromatic heterocycles. The summed E-state index contributed by atoms with van der Waals surface area (Å²) in [4.78, 5) is 15.2. The van der Waals surface area contributed by atoms with E-state index in [1.807, 2.05) is 4.57 Å². The molecule has 2 aromatic rings. The fourth-order valence-corrected chi connectivity index (χ4v) is 3.11. The van der Waals surface area contributed by atoms with Gasteiger partial charge in [0.1, 0.15) is 6.33 Å². The number of rotatable bonds is 2. The van der Waals surface area contributed by atoms with Crippen LogP contribution in [-0.2, 0) is 0 Å². The van der Waals surface area contributed by atoms with E-state index in [4.69, 9.17) is 10.5 Å². The highest BCUT2D eigenvalue weighted by Gasteiger charge is 2.29. The second kappa shape index (κ2) is 4.90. The molecule has 7 heteroatoms. The van der Waals surface area contributed by atoms with E-state index in [1.165, 1.54) is 6.33 Å². The van der Waals surface area contributed by atoms with Gasteiger partial charge in [-0.3, -0.25) is 4.57 Å². The molecule has 1 saturated heterocycles. The van der Waals surface area contributed by atoms with Gasteiger partial charge in [0, 0.05) is 12.6 Å². The number of methoxy groups -OCH3 is 1. The van der Waals surface area contributed by atoms with Crippen LogP contribution < -0.4 is 10.5 Å². The molecule has 1 fully saturated rings. The average Bonchev–Trinajstić information content (AvgIpc) is 2.75. The Morgan fingerprint density at radius 2 is 2.20 bits per heavy atom. The fourth-order valence-electron chi connectivity index (χ4n) is 3.11. The lowest BCUT2D eigenvalue weighted by atomic mass is 9.94. The van der Waals surface area contributed by atoms with E-state index in [9.17, 15) is 0 Å². The first kappa shape index (κ1) is 13.1. The number of nitrogens with zero attached hydrogens (tertiary/aromatic N) is 5. The molecule has 3 rings (SSSR count). The van der Waals surface area contributed by atoms with Crippen LogP contribution in [0.3, 0.4) is 0 Å². The predicted molar refractivity (Wildman–Crippen MR) is 76.6 cm³/mol. The maximum atomic E-state index is 6.12. The first-order chi connectivity index (χ1) is 9.61. The Kier molecular flexibility index (Phi) is 3.21. The van der Waals surface area contributed by atoms with E-state index in [2.05, 4.69) is 33.8 Å². The largest absolute Gasteiger partial charge is 0.479 e. The van der Waals surface area contributed by atoms with Gasteiger partial charge in [-0.1, -0.05) is 6.92 Å². The summed E-state index contributed by atoms with van der Waals surface area (Å²) >= 11 is 0. The Balaban J connectivity index is 2.09. The van der Waals surface area contributed by atoms with Crippen LogP contribution in [0.2, 0.25) is 0 Å². The van der Waals surface area contributed by atoms with Gasteiger partial charge in [0.25, 0.3) is 0 Å². The summed E-state index contributed by atoms with van der Waals surface area (Å²) in [5, 5.41) is 0. The minimum absolute atomic E-state index is 0.316. The number of piperidine rings is 1. The molecule has 1 aliphatic heterocycles. The normalized spacial score (nSPS) is 24.1. The van der Waals surface area contributed by atoms with E-state index < -0.39 is 0 Å². The number of fused-ring (bicyclic) bond motifs is 1. The SMILES string of the molecule is COc1ncnc2c1nc(N)n2C1CCN(C)CC1C. The molecule has 1 aliphatic rings. The van der Waals surface area contributed by atoms with Crippen molar-refractivity contribution in [3.63, 3.8) is 0 Å². The summed E-state index contributed by atoms with van der Waals surface area (Å²) < 4.78 is 7.28. The lowest BCUT2D eigenvalue weighted by Crippen LogP contribution is -2.38. The first-order valence-corrected chi connectivity index (χ1v) is 6.82. The minimum atomic E-state index is 0.316. The molecular formula is C13H20N6O. The van der Waals surface area contributed by atoms with Crippen molar-refractivity contribution in [3.8, 4) is 5.88 Å². The molecule has 108 valence electrons. The quantitative estimate of drug-likeness (QED) is 0.878. The molecule has 7 nitrogen and oxygen atoms in total. The highest BCUT2D eigenvalue weighted by Crippen LogP contribution is 2.33. The molecule has 20 heavy (non-hydrogen) atoms. The molecule has 0 bridgehead atoms. The number of imidazole rings is 1. The molecule has 0 saturated carbocycles. The Morgan fingerprint density at radius 3 is 2.90 bits per heavy atom. The van der Waals surface area contributed by atoms with E-state index in [1.54, 1.807) is 7.11 Å². The van der Waals surface area contributed by atoms with Crippen LogP contribution in [0.15, 0.2) is 6.33 Å². The van der Waals surface area contributed by atoms with Crippen molar-refractivity contribution in [2.24, 2.45) is 5.92 Å². The van der Waals surface area contributed by atoms with Gasteiger partial charge in [-0.2, -0.15) is 4.98 Å². The van der Waals surface area contributed by atoms with E-state index in [0.29, 0.717) is 29.3 Å². The van der Waals surface area contributed by atoms with Gasteiger partial charge in [0.2, 0.25) is 11.8 Å². The molecule has 0 aliphatic carbocycles. The van der Waals surface area contributed by atoms with E-state index in [-0.39, 0.29) is 0 Å². The third-order valence-corrected chi connectivity index (χ3v) is 4.06. The summed E-state index contributed by atoms with van der Waals surface area (Å²) in [5.74, 6) is 1.45. The van der Waals surface area contributed by atoms with Crippen molar-refractivity contribution in [2.45, 2.75) is 19.4 Å². The highest BCUT2D eigenvalue weighted by molar-refractivity contribution is 5.79. The van der Waals surface area contributed by atoms with Gasteiger partial charge in [-0.15, -0.1) is 0 Å². The smallest absolute Gasteiger partial charge is 0.245 e. The Morgan fingerprint density at radius 1 is 1.40 bits per heavy atom. The van der Waals surface area contributed by atoms with Gasteiger partial charge in [-0.05, 0) is 25.9 Å². The summed E-state index contributed by atoms with van der Waals surface area (Å²) in [6, 6.07) is 0.316. The molecule has 2 unspecified atom stereocenters. The van der Waals surface area contributed by atoms with Crippen LogP contribution in [0.1, 0.15) is 19.4 Å². The van der Waals surface area contributed by atoms with Crippen molar-refractivity contribution in [1.82, 2.24) is 24.4 Å². The monoisotopic (exact) mass is 276 g/mol. The van der Waals surface area contributed by atoms with Crippen LogP contribution in [0.25, 0.3) is 11.2 Å². The number of nitrogens with two attached hydrogens (primary N) is 1. The lowest BCUT2D eigenvalue weighted by Gasteiger charge is -2.35. The number of aromatic nitrogens is 4. The lowest BCUT2D eigenvalue weighted by molar-refractivity contribution is 0.162. The highest BCUT2D eigenvalue weighted by atomic mass is 16.5. The number of anilines is 1. The molecule has 0 amide bonds. The number of nitrogen functional groups attached to an aromatic ring is 1. The molecular weight excluding hydrogens is 256 g/mol. The van der Waals surface area contributed by atoms with Crippen LogP contribution in [0, 0.1) is 5.92 Å². The van der Waals surface area contributed by atoms with Crippen LogP contribution in [-0.4, -0.2) is 51.7 Å². The average molecular weight is 276 g/mol. The number of ether oxygens (including phenoxy) is 1. The summed E-state index contributed by atoms with van der Waals surface area (Å²) in [5.41, 5.74) is 7.52. The Hall–Kier alpha value is -1.89. The van der Waals surface area contributed by atoms with Gasteiger partial charge < -0.3 is 15.4 Å². The van der Waals surface area contributed by atoms with E-state index >= 15 is 0 Å². The molecule has 3 heterocycles. The third-order valence-electron chi connectivity index (χ3n) is 4.06. The molecule has 0 aromatic carbocycles. The molecule has 0 radical (unpaired) electrons. The van der Waals surface area contributed by atoms with Crippen molar-refractivity contribution >= 4 is 17.1 Å². The fraction of sp³-hybridized carbons (Fsp3) is 0.615. The van der Waals surface area contributed by atoms with Crippen molar-refractivity contribution in [3.05, 3.63) is 6.33 Å². The first-order valence-electron chi connectivity index (χ1n) is 6.82. The standard InChI is InChI=1S/C13H20N6O/c1-8-6-18(2)5-4-9(8)19-11-10(17-13(19)14)12(20-3)16-7-15-11/h7-9H,4-6H2,1-3H3,(H2,14,17). The summed E-state index contributed by atoms with van der Waals surface area (Å²) in [6.45, 7) is 4.34. The number of hydrogen-bond acceptors (Lipinski definition) is 6. The molecule has 0 spiro atoms. The number of hydrogen-bond donors (Lipinski definition) is 1. The second-order valence-electron chi connectivity index (χ2n) is 5.49. The molecule has 2 atom stereocenters. The van der Waals surface area contributed by atoms with Crippen LogP contribution in [0.4, 0.5) is 5.95 Å². The third kappa shape index (κ3) is 1.98. The minimum Gasteiger partial charge on any atom is -0.479 e. The van der Waals surface area contributed by atoms with Gasteiger partial charge >= 0.3 is 0 Å². The predicted octanol–water partition coefficient (Wildman–Crippen LogP) is 0.930. The Labute approximate surface area is 117 Å². The Bertz CT molecular complexity index is 625. The number of likely N-dealkylation sites (tertiary alicyclic amines) is 1. The van der Waals surface area contributed by atoms with Gasteiger partial charge in [0.05, 0.1) is 7.11 Å². The van der Waals surface area contributed by atoms with Gasteiger partial charge in [-0.25, -0.2) is 9.97 Å². The van der Waals surface area contributed by atoms with Crippen molar-refractivity contribution in [1.29, 1.82) is 0 Å². The molecule has 2 N–H and O–H groups in total. The van der Waals surface area contributed by atoms with Crippen molar-refractivity contribution < 1.29 is 4.74 Å². The van der Waals surface area contributed by atoms with E-state index in [0.717, 1.165) is 25.2 Å². The summed E-state index contributed by atoms with van der Waals surface area (Å²) in [6.07, 6.45) is 2.54. The van der Waals surface area contributed by atoms with Crippen molar-refractivity contribution in [2.75, 3.05) is 33.0 Å². The second-order valence-corrected chi connectivity index (χ2v) is 5.49. The zero-order chi connectivity index (χ0) is 14.3. The maximum Gasteiger partial charge on any atom is 0.245 e. The van der Waals surface area contributed by atoms with Crippen LogP contribution in [0.5, 0.6) is 5.88 Å². The zero-order valence-corrected chi connectivity index (χ0v) is 12.1. The topological polar surface area (TPSA) is 82.1 Å². The zero-order valence-electron chi connectivity index (χ0n) is 12.1. The maximum absolute atomic E-state index is 6.12.